The van der Waals surface area contributed by atoms with Crippen molar-refractivity contribution in [2.24, 2.45) is 5.73 Å². The summed E-state index contributed by atoms with van der Waals surface area (Å²) < 4.78 is 25.5. The number of halogens is 2. The molecule has 0 aromatic heterocycles. The highest BCUT2D eigenvalue weighted by molar-refractivity contribution is 5.59. The molecule has 2 N–H and O–H groups in total. The van der Waals surface area contributed by atoms with E-state index in [0.29, 0.717) is 0 Å². The van der Waals surface area contributed by atoms with Gasteiger partial charge in [-0.2, -0.15) is 0 Å². The third-order valence-electron chi connectivity index (χ3n) is 3.60. The van der Waals surface area contributed by atoms with Crippen LogP contribution in [0.1, 0.15) is 25.0 Å². The summed E-state index contributed by atoms with van der Waals surface area (Å²) in [6, 6.07) is 5.97. The molecule has 1 aromatic rings. The Morgan fingerprint density at radius 2 is 2.17 bits per heavy atom. The minimum atomic E-state index is -2.50. The molecular formula is C14H20F2N2. The van der Waals surface area contributed by atoms with Crippen molar-refractivity contribution in [1.82, 2.24) is 0 Å². The Bertz CT molecular complexity index is 430. The second-order valence-electron chi connectivity index (χ2n) is 5.28. The second kappa shape index (κ2) is 4.84. The number of nitrogens with two attached hydrogens (primary N) is 1. The first kappa shape index (κ1) is 13.3. The quantitative estimate of drug-likeness (QED) is 0.895. The molecule has 1 aliphatic heterocycles. The average molecular weight is 254 g/mol. The number of likely N-dealkylation sites (N-methyl/N-ethyl adjacent to an activating group) is 1. The predicted molar refractivity (Wildman–Crippen MR) is 70.3 cm³/mol. The van der Waals surface area contributed by atoms with Crippen molar-refractivity contribution in [2.45, 2.75) is 38.7 Å². The van der Waals surface area contributed by atoms with Crippen LogP contribution in [0.25, 0.3) is 0 Å². The topological polar surface area (TPSA) is 29.3 Å². The molecule has 0 fully saturated rings. The number of fused-ring (bicyclic) bond motifs is 1. The van der Waals surface area contributed by atoms with Crippen LogP contribution in [0.15, 0.2) is 18.2 Å². The minimum Gasteiger partial charge on any atom is -0.371 e. The van der Waals surface area contributed by atoms with E-state index >= 15 is 0 Å². The molecule has 0 amide bonds. The van der Waals surface area contributed by atoms with Crippen molar-refractivity contribution >= 4 is 5.69 Å². The summed E-state index contributed by atoms with van der Waals surface area (Å²) in [7, 11) is 0. The van der Waals surface area contributed by atoms with Gasteiger partial charge in [-0.1, -0.05) is 12.1 Å². The van der Waals surface area contributed by atoms with Gasteiger partial charge in [0.1, 0.15) is 0 Å². The molecule has 100 valence electrons. The standard InChI is InChI=1S/C14H20F2N2/c1-3-18-7-6-11-8-10(4-5-12(11)18)9-14(2,17)13(15)16/h4-5,8,13H,3,6-7,9,17H2,1-2H3. The fraction of sp³-hybridized carbons (Fsp3) is 0.571. The number of nitrogens with zero attached hydrogens (tertiary/aromatic N) is 1. The van der Waals surface area contributed by atoms with E-state index < -0.39 is 12.0 Å². The van der Waals surface area contributed by atoms with Gasteiger partial charge in [0.05, 0.1) is 5.54 Å². The van der Waals surface area contributed by atoms with E-state index in [1.165, 1.54) is 18.2 Å². The molecule has 1 unspecified atom stereocenters. The van der Waals surface area contributed by atoms with Crippen molar-refractivity contribution in [2.75, 3.05) is 18.0 Å². The minimum absolute atomic E-state index is 0.212. The summed E-state index contributed by atoms with van der Waals surface area (Å²) >= 11 is 0. The second-order valence-corrected chi connectivity index (χ2v) is 5.28. The lowest BCUT2D eigenvalue weighted by Crippen LogP contribution is -2.45. The molecule has 0 spiro atoms. The van der Waals surface area contributed by atoms with Crippen LogP contribution in [0.3, 0.4) is 0 Å². The Kier molecular flexibility index (Phi) is 3.57. The Balaban J connectivity index is 2.18. The number of hydrogen-bond acceptors (Lipinski definition) is 2. The van der Waals surface area contributed by atoms with Gasteiger partial charge < -0.3 is 10.6 Å². The summed E-state index contributed by atoms with van der Waals surface area (Å²) in [4.78, 5) is 2.30. The summed E-state index contributed by atoms with van der Waals surface area (Å²) in [6.07, 6.45) is -1.30. The van der Waals surface area contributed by atoms with Crippen LogP contribution < -0.4 is 10.6 Å². The zero-order valence-electron chi connectivity index (χ0n) is 10.9. The third-order valence-corrected chi connectivity index (χ3v) is 3.60. The largest absolute Gasteiger partial charge is 0.371 e. The maximum Gasteiger partial charge on any atom is 0.256 e. The van der Waals surface area contributed by atoms with Gasteiger partial charge in [0, 0.05) is 18.8 Å². The fourth-order valence-electron chi connectivity index (χ4n) is 2.48. The van der Waals surface area contributed by atoms with Gasteiger partial charge in [0.2, 0.25) is 0 Å². The molecule has 4 heteroatoms. The van der Waals surface area contributed by atoms with Crippen molar-refractivity contribution in [3.8, 4) is 0 Å². The molecule has 0 saturated heterocycles. The first-order valence-electron chi connectivity index (χ1n) is 6.38. The lowest BCUT2D eigenvalue weighted by Gasteiger charge is -2.24. The molecule has 2 rings (SSSR count). The van der Waals surface area contributed by atoms with Gasteiger partial charge in [-0.05, 0) is 43.9 Å². The van der Waals surface area contributed by atoms with E-state index in [1.807, 2.05) is 18.2 Å². The molecule has 18 heavy (non-hydrogen) atoms. The highest BCUT2D eigenvalue weighted by Crippen LogP contribution is 2.30. The average Bonchev–Trinajstić information content (AvgIpc) is 2.70. The Morgan fingerprint density at radius 3 is 2.78 bits per heavy atom. The third kappa shape index (κ3) is 2.48. The molecule has 1 aliphatic rings. The van der Waals surface area contributed by atoms with Gasteiger partial charge >= 0.3 is 0 Å². The van der Waals surface area contributed by atoms with Gasteiger partial charge in [-0.25, -0.2) is 8.78 Å². The molecule has 0 radical (unpaired) electrons. The van der Waals surface area contributed by atoms with E-state index in [9.17, 15) is 8.78 Å². The van der Waals surface area contributed by atoms with E-state index in [4.69, 9.17) is 5.73 Å². The Hall–Kier alpha value is -1.16. The number of anilines is 1. The van der Waals surface area contributed by atoms with Crippen LogP contribution in [0.2, 0.25) is 0 Å². The van der Waals surface area contributed by atoms with Crippen LogP contribution in [0.5, 0.6) is 0 Å². The Morgan fingerprint density at radius 1 is 1.44 bits per heavy atom. The normalized spacial score (nSPS) is 18.0. The smallest absolute Gasteiger partial charge is 0.256 e. The van der Waals surface area contributed by atoms with Crippen LogP contribution >= 0.6 is 0 Å². The predicted octanol–water partition coefficient (Wildman–Crippen LogP) is 2.59. The summed E-state index contributed by atoms with van der Waals surface area (Å²) in [5.74, 6) is 0. The van der Waals surface area contributed by atoms with Crippen LogP contribution in [-0.2, 0) is 12.8 Å². The highest BCUT2D eigenvalue weighted by Gasteiger charge is 2.30. The van der Waals surface area contributed by atoms with E-state index in [1.54, 1.807) is 0 Å². The lowest BCUT2D eigenvalue weighted by atomic mass is 9.93. The molecule has 0 bridgehead atoms. The van der Waals surface area contributed by atoms with Crippen molar-refractivity contribution in [3.05, 3.63) is 29.3 Å². The molecule has 1 heterocycles. The zero-order valence-corrected chi connectivity index (χ0v) is 10.9. The SMILES string of the molecule is CCN1CCc2cc(CC(C)(N)C(F)F)ccc21. The number of hydrogen-bond donors (Lipinski definition) is 1. The van der Waals surface area contributed by atoms with E-state index in [2.05, 4.69) is 11.8 Å². The first-order chi connectivity index (χ1) is 8.44. The molecule has 1 aromatic carbocycles. The lowest BCUT2D eigenvalue weighted by molar-refractivity contribution is 0.0639. The van der Waals surface area contributed by atoms with Gasteiger partial charge in [0.15, 0.2) is 0 Å². The fourth-order valence-corrected chi connectivity index (χ4v) is 2.48. The number of alkyl halides is 2. The first-order valence-corrected chi connectivity index (χ1v) is 6.38. The summed E-state index contributed by atoms with van der Waals surface area (Å²) in [6.45, 7) is 5.53. The summed E-state index contributed by atoms with van der Waals surface area (Å²) in [5.41, 5.74) is 7.57. The molecule has 0 aliphatic carbocycles. The van der Waals surface area contributed by atoms with Crippen molar-refractivity contribution in [1.29, 1.82) is 0 Å². The maximum atomic E-state index is 12.8. The van der Waals surface area contributed by atoms with Crippen LogP contribution in [0.4, 0.5) is 14.5 Å². The zero-order chi connectivity index (χ0) is 13.3. The van der Waals surface area contributed by atoms with Gasteiger partial charge in [-0.3, -0.25) is 0 Å². The molecule has 1 atom stereocenters. The molecule has 0 saturated carbocycles. The van der Waals surface area contributed by atoms with Crippen molar-refractivity contribution < 1.29 is 8.78 Å². The Labute approximate surface area is 107 Å². The van der Waals surface area contributed by atoms with E-state index in [0.717, 1.165) is 25.1 Å². The van der Waals surface area contributed by atoms with Gasteiger partial charge in [0.25, 0.3) is 6.43 Å². The number of benzene rings is 1. The molecule has 2 nitrogen and oxygen atoms in total. The molecular weight excluding hydrogens is 234 g/mol. The maximum absolute atomic E-state index is 12.8. The van der Waals surface area contributed by atoms with Gasteiger partial charge in [-0.15, -0.1) is 0 Å². The summed E-state index contributed by atoms with van der Waals surface area (Å²) in [5, 5.41) is 0. The highest BCUT2D eigenvalue weighted by atomic mass is 19.3. The van der Waals surface area contributed by atoms with E-state index in [-0.39, 0.29) is 6.42 Å². The monoisotopic (exact) mass is 254 g/mol. The van der Waals surface area contributed by atoms with Crippen molar-refractivity contribution in [3.63, 3.8) is 0 Å². The van der Waals surface area contributed by atoms with Crippen LogP contribution in [-0.4, -0.2) is 25.1 Å². The van der Waals surface area contributed by atoms with Crippen LogP contribution in [0, 0.1) is 0 Å². The number of rotatable bonds is 4.